The molecule has 3 nitrogen and oxygen atoms in total. The van der Waals surface area contributed by atoms with Crippen molar-refractivity contribution in [2.45, 2.75) is 175 Å². The Morgan fingerprint density at radius 2 is 0.977 bits per heavy atom. The molecule has 5 heteroatoms. The van der Waals surface area contributed by atoms with Gasteiger partial charge < -0.3 is 14.3 Å². The molecule has 0 bridgehead atoms. The molecule has 15 rings (SSSR count). The van der Waals surface area contributed by atoms with Crippen LogP contribution < -0.4 is 20.6 Å². The monoisotopic (exact) mass is 1140 g/mol. The first kappa shape index (κ1) is 55.3. The van der Waals surface area contributed by atoms with Gasteiger partial charge in [0.1, 0.15) is 0 Å². The second-order valence-electron chi connectivity index (χ2n) is 32.1. The third kappa shape index (κ3) is 7.97. The highest BCUT2D eigenvalue weighted by atomic mass is 32.1. The molecule has 4 heterocycles. The Bertz CT molecular complexity index is 4630. The molecule has 9 aromatic carbocycles. The number of aromatic nitrogens is 1. The SMILES string of the molecule is CC(C)(C)c1ccc(N2B3c4cc(C(C)(C)C)ccc4-n4c5cc(N(c6ccc(C(C)(C)C)cc6)c6ccc(C(C)(C)C)cc6)ccc5c5c6c(c(c3c54)-c3cc4c(cc32)sc2cc3c(cc24)C(C)(C)CCC3(C)C)-c2ccccc2C6(C)C)cc1. The first-order valence-corrected chi connectivity index (χ1v) is 32.6. The molecule has 0 fully saturated rings. The minimum atomic E-state index is -0.309. The zero-order valence-electron chi connectivity index (χ0n) is 54.3. The molecular formula is C81H84BN3S. The van der Waals surface area contributed by atoms with E-state index in [-0.39, 0.29) is 44.8 Å². The van der Waals surface area contributed by atoms with Crippen LogP contribution in [0.3, 0.4) is 0 Å². The third-order valence-electron chi connectivity index (χ3n) is 21.0. The van der Waals surface area contributed by atoms with Crippen molar-refractivity contribution in [3.63, 3.8) is 0 Å². The summed E-state index contributed by atoms with van der Waals surface area (Å²) < 4.78 is 5.47. The van der Waals surface area contributed by atoms with Crippen LogP contribution in [0.15, 0.2) is 158 Å². The zero-order valence-corrected chi connectivity index (χ0v) is 55.1. The van der Waals surface area contributed by atoms with Crippen molar-refractivity contribution >= 4 is 99.5 Å². The van der Waals surface area contributed by atoms with Crippen molar-refractivity contribution in [1.29, 1.82) is 0 Å². The fourth-order valence-electron chi connectivity index (χ4n) is 15.9. The van der Waals surface area contributed by atoms with Crippen LogP contribution >= 0.6 is 11.3 Å². The van der Waals surface area contributed by atoms with E-state index in [1.54, 1.807) is 0 Å². The summed E-state index contributed by atoms with van der Waals surface area (Å²) >= 11 is 1.99. The fourth-order valence-corrected chi connectivity index (χ4v) is 17.0. The lowest BCUT2D eigenvalue weighted by molar-refractivity contribution is 0.332. The Balaban J connectivity index is 1.11. The number of hydrogen-bond donors (Lipinski definition) is 0. The van der Waals surface area contributed by atoms with E-state index in [2.05, 4.69) is 297 Å². The van der Waals surface area contributed by atoms with Crippen molar-refractivity contribution < 1.29 is 0 Å². The predicted octanol–water partition coefficient (Wildman–Crippen LogP) is 21.7. The molecule has 432 valence electrons. The number of anilines is 5. The largest absolute Gasteiger partial charge is 0.376 e. The molecule has 0 radical (unpaired) electrons. The Morgan fingerprint density at radius 3 is 1.57 bits per heavy atom. The van der Waals surface area contributed by atoms with E-state index in [1.165, 1.54) is 150 Å². The van der Waals surface area contributed by atoms with Crippen LogP contribution in [0, 0.1) is 0 Å². The quantitative estimate of drug-likeness (QED) is 0.163. The zero-order chi connectivity index (χ0) is 60.5. The number of nitrogens with zero attached hydrogens (tertiary/aromatic N) is 3. The van der Waals surface area contributed by atoms with Crippen molar-refractivity contribution in [2.24, 2.45) is 0 Å². The summed E-state index contributed by atoms with van der Waals surface area (Å²) in [4.78, 5) is 5.28. The van der Waals surface area contributed by atoms with E-state index in [0.717, 1.165) is 17.1 Å². The van der Waals surface area contributed by atoms with Gasteiger partial charge in [-0.3, -0.25) is 0 Å². The molecule has 2 aromatic heterocycles. The van der Waals surface area contributed by atoms with E-state index in [4.69, 9.17) is 0 Å². The Hall–Kier alpha value is -7.34. The minimum absolute atomic E-state index is 0.00353. The molecule has 0 saturated carbocycles. The summed E-state index contributed by atoms with van der Waals surface area (Å²) in [5, 5.41) is 5.42. The van der Waals surface area contributed by atoms with Crippen LogP contribution in [0.5, 0.6) is 0 Å². The average Bonchev–Trinajstić information content (AvgIpc) is 1.42. The van der Waals surface area contributed by atoms with Crippen LogP contribution in [-0.4, -0.2) is 11.4 Å². The van der Waals surface area contributed by atoms with Crippen molar-refractivity contribution in [3.05, 3.63) is 202 Å². The second kappa shape index (κ2) is 17.9. The van der Waals surface area contributed by atoms with Gasteiger partial charge in [0.05, 0.1) is 11.0 Å². The first-order chi connectivity index (χ1) is 40.4. The lowest BCUT2D eigenvalue weighted by Gasteiger charge is -2.43. The number of fused-ring (bicyclic) bond motifs is 17. The molecule has 0 amide bonds. The number of benzene rings is 9. The highest BCUT2D eigenvalue weighted by Crippen LogP contribution is 2.60. The maximum absolute atomic E-state index is 2.78. The molecule has 4 aliphatic rings. The van der Waals surface area contributed by atoms with Gasteiger partial charge in [-0.05, 0) is 196 Å². The lowest BCUT2D eigenvalue weighted by atomic mass is 9.43. The Labute approximate surface area is 516 Å². The van der Waals surface area contributed by atoms with E-state index in [9.17, 15) is 0 Å². The fraction of sp³-hybridized carbons (Fsp3) is 0.333. The van der Waals surface area contributed by atoms with Gasteiger partial charge >= 0.3 is 6.85 Å². The topological polar surface area (TPSA) is 11.4 Å². The van der Waals surface area contributed by atoms with Gasteiger partial charge in [-0.25, -0.2) is 0 Å². The Morgan fingerprint density at radius 1 is 0.453 bits per heavy atom. The molecule has 2 aliphatic heterocycles. The maximum atomic E-state index is 2.78. The lowest BCUT2D eigenvalue weighted by Crippen LogP contribution is -2.61. The summed E-state index contributed by atoms with van der Waals surface area (Å²) in [5.41, 5.74) is 29.0. The number of hydrogen-bond acceptors (Lipinski definition) is 3. The summed E-state index contributed by atoms with van der Waals surface area (Å²) in [6, 6.07) is 63.3. The van der Waals surface area contributed by atoms with Crippen LogP contribution in [0.25, 0.3) is 69.9 Å². The predicted molar refractivity (Wildman–Crippen MR) is 375 cm³/mol. The van der Waals surface area contributed by atoms with Gasteiger partial charge in [-0.1, -0.05) is 203 Å². The van der Waals surface area contributed by atoms with Crippen LogP contribution in [0.2, 0.25) is 0 Å². The van der Waals surface area contributed by atoms with Gasteiger partial charge in [0.25, 0.3) is 0 Å². The number of thiophene rings is 1. The van der Waals surface area contributed by atoms with E-state index < -0.39 is 0 Å². The molecule has 11 aromatic rings. The Kier molecular flexibility index (Phi) is 11.5. The molecule has 0 unspecified atom stereocenters. The van der Waals surface area contributed by atoms with Gasteiger partial charge in [-0.15, -0.1) is 11.3 Å². The summed E-state index contributed by atoms with van der Waals surface area (Å²) in [6.45, 7) is 42.8. The molecule has 0 saturated heterocycles. The standard InChI is InChI=1S/C81H84BN3S/c1-75(2,3)47-23-30-51(31-24-47)83(52-32-25-48(26-33-52)76(4,5)6)54-36-37-56-65(42-54)84-64-38-29-50(78(10,11)12)41-63(64)82-73-70(69-55-21-19-20-22-60(55)81(17,18)72(69)71(56)74(73)84)59-43-57-58-44-61-62(80(15,16)40-39-79(61,13)14)45-67(58)86-68(57)46-66(59)85(82)53-34-27-49(28-35-53)77(7,8)9/h19-38,41-46H,39-40H2,1-18H3. The van der Waals surface area contributed by atoms with E-state index in [1.807, 2.05) is 11.3 Å². The maximum Gasteiger partial charge on any atom is 0.333 e. The van der Waals surface area contributed by atoms with Crippen LogP contribution in [-0.2, 0) is 37.9 Å². The molecule has 0 N–H and O–H groups in total. The second-order valence-corrected chi connectivity index (χ2v) is 33.2. The molecule has 2 aliphatic carbocycles. The highest BCUT2D eigenvalue weighted by molar-refractivity contribution is 7.26. The van der Waals surface area contributed by atoms with Crippen molar-refractivity contribution in [3.8, 4) is 27.9 Å². The molecule has 0 spiro atoms. The third-order valence-corrected chi connectivity index (χ3v) is 22.1. The van der Waals surface area contributed by atoms with Crippen molar-refractivity contribution in [1.82, 2.24) is 4.57 Å². The van der Waals surface area contributed by atoms with Gasteiger partial charge in [-0.2, -0.15) is 0 Å². The summed E-state index contributed by atoms with van der Waals surface area (Å²) in [7, 11) is 0. The van der Waals surface area contributed by atoms with Gasteiger partial charge in [0.2, 0.25) is 0 Å². The van der Waals surface area contributed by atoms with Crippen LogP contribution in [0.4, 0.5) is 28.4 Å². The highest BCUT2D eigenvalue weighted by Gasteiger charge is 2.50. The molecular weight excluding hydrogens is 1060 g/mol. The molecule has 86 heavy (non-hydrogen) atoms. The summed E-state index contributed by atoms with van der Waals surface area (Å²) in [5.74, 6) is 0. The number of rotatable bonds is 4. The molecule has 0 atom stereocenters. The van der Waals surface area contributed by atoms with E-state index >= 15 is 0 Å². The summed E-state index contributed by atoms with van der Waals surface area (Å²) in [6.07, 6.45) is 2.38. The van der Waals surface area contributed by atoms with Crippen molar-refractivity contribution in [2.75, 3.05) is 9.71 Å². The average molecular weight is 1140 g/mol. The normalized spacial score (nSPS) is 16.4. The smallest absolute Gasteiger partial charge is 0.333 e. The van der Waals surface area contributed by atoms with Gasteiger partial charge in [0.15, 0.2) is 0 Å². The minimum Gasteiger partial charge on any atom is -0.376 e. The van der Waals surface area contributed by atoms with Gasteiger partial charge in [0, 0.05) is 76.0 Å². The van der Waals surface area contributed by atoms with Crippen LogP contribution in [0.1, 0.15) is 182 Å². The first-order valence-electron chi connectivity index (χ1n) is 31.8. The van der Waals surface area contributed by atoms with E-state index in [0.29, 0.717) is 0 Å².